The van der Waals surface area contributed by atoms with Crippen molar-refractivity contribution in [3.63, 3.8) is 0 Å². The molecule has 0 spiro atoms. The molecule has 0 heterocycles. The fourth-order valence-corrected chi connectivity index (χ4v) is 2.01. The fraction of sp³-hybridized carbons (Fsp3) is 1.00. The molecule has 1 unspecified atom stereocenters. The number of nitrogens with one attached hydrogen (secondary N) is 1. The zero-order chi connectivity index (χ0) is 9.61. The van der Waals surface area contributed by atoms with Crippen LogP contribution in [0.2, 0.25) is 0 Å². The van der Waals surface area contributed by atoms with E-state index in [4.69, 9.17) is 11.6 Å². The minimum atomic E-state index is -3.07. The molecule has 5 heteroatoms. The van der Waals surface area contributed by atoms with Crippen LogP contribution in [0, 0.1) is 0 Å². The molecule has 74 valence electrons. The Hall–Kier alpha value is 0.200. The summed E-state index contributed by atoms with van der Waals surface area (Å²) in [5.41, 5.74) is 0. The maximum atomic E-state index is 11.1. The van der Waals surface area contributed by atoms with E-state index in [-0.39, 0.29) is 11.1 Å². The van der Waals surface area contributed by atoms with E-state index >= 15 is 0 Å². The Morgan fingerprint density at radius 2 is 2.00 bits per heavy atom. The van der Waals surface area contributed by atoms with Crippen LogP contribution in [0.25, 0.3) is 0 Å². The Labute approximate surface area is 79.5 Å². The summed E-state index contributed by atoms with van der Waals surface area (Å²) >= 11 is 5.74. The van der Waals surface area contributed by atoms with Gasteiger partial charge in [0, 0.05) is 11.9 Å². The van der Waals surface area contributed by atoms with E-state index in [1.54, 1.807) is 0 Å². The van der Waals surface area contributed by atoms with E-state index in [0.29, 0.717) is 13.0 Å². The van der Waals surface area contributed by atoms with Crippen molar-refractivity contribution < 1.29 is 8.42 Å². The maximum absolute atomic E-state index is 11.1. The van der Waals surface area contributed by atoms with Gasteiger partial charge in [-0.15, -0.1) is 11.6 Å². The van der Waals surface area contributed by atoms with Gasteiger partial charge in [0.1, 0.15) is 0 Å². The average Bonchev–Trinajstić information content (AvgIpc) is 2.00. The normalized spacial score (nSPS) is 14.6. The molecule has 0 aliphatic carbocycles. The van der Waals surface area contributed by atoms with Gasteiger partial charge >= 0.3 is 0 Å². The molecule has 1 atom stereocenters. The second kappa shape index (κ2) is 5.78. The Morgan fingerprint density at radius 3 is 2.42 bits per heavy atom. The van der Waals surface area contributed by atoms with Crippen molar-refractivity contribution in [3.8, 4) is 0 Å². The summed E-state index contributed by atoms with van der Waals surface area (Å²) in [6.45, 7) is 4.09. The lowest BCUT2D eigenvalue weighted by Gasteiger charge is -2.08. The summed E-state index contributed by atoms with van der Waals surface area (Å²) < 4.78 is 24.6. The summed E-state index contributed by atoms with van der Waals surface area (Å²) in [5.74, 6) is 0.181. The Balaban J connectivity index is 3.76. The lowest BCUT2D eigenvalue weighted by Crippen LogP contribution is -2.31. The van der Waals surface area contributed by atoms with E-state index in [9.17, 15) is 8.42 Å². The first-order valence-electron chi connectivity index (χ1n) is 4.13. The number of halogens is 1. The summed E-state index contributed by atoms with van der Waals surface area (Å²) in [4.78, 5) is 0. The van der Waals surface area contributed by atoms with E-state index in [0.717, 1.165) is 6.42 Å². The minimum absolute atomic E-state index is 0.100. The highest BCUT2D eigenvalue weighted by Gasteiger charge is 2.10. The molecule has 0 aromatic carbocycles. The number of alkyl halides is 1. The van der Waals surface area contributed by atoms with Crippen molar-refractivity contribution in [3.05, 3.63) is 0 Å². The van der Waals surface area contributed by atoms with Crippen LogP contribution in [-0.2, 0) is 10.0 Å². The predicted molar refractivity (Wildman–Crippen MR) is 52.0 cm³/mol. The molecule has 0 saturated heterocycles. The van der Waals surface area contributed by atoms with Gasteiger partial charge in [-0.1, -0.05) is 13.8 Å². The fourth-order valence-electron chi connectivity index (χ4n) is 0.703. The number of rotatable bonds is 6. The van der Waals surface area contributed by atoms with Crippen molar-refractivity contribution >= 4 is 21.6 Å². The first-order chi connectivity index (χ1) is 5.52. The highest BCUT2D eigenvalue weighted by atomic mass is 35.5. The van der Waals surface area contributed by atoms with E-state index in [1.807, 2.05) is 13.8 Å². The molecule has 0 aliphatic rings. The highest BCUT2D eigenvalue weighted by molar-refractivity contribution is 7.89. The molecule has 0 bridgehead atoms. The molecular formula is C7H16ClNO2S. The highest BCUT2D eigenvalue weighted by Crippen LogP contribution is 1.99. The van der Waals surface area contributed by atoms with Crippen LogP contribution in [0.1, 0.15) is 26.7 Å². The Bertz CT molecular complexity index is 203. The summed E-state index contributed by atoms with van der Waals surface area (Å²) in [6.07, 6.45) is 1.41. The van der Waals surface area contributed by atoms with E-state index in [1.165, 1.54) is 0 Å². The smallest absolute Gasteiger partial charge is 0.211 e. The summed E-state index contributed by atoms with van der Waals surface area (Å²) in [6, 6.07) is 0. The molecule has 0 aromatic heterocycles. The van der Waals surface area contributed by atoms with Gasteiger partial charge in [0.2, 0.25) is 10.0 Å². The molecule has 12 heavy (non-hydrogen) atoms. The summed E-state index contributed by atoms with van der Waals surface area (Å²) in [7, 11) is -3.07. The van der Waals surface area contributed by atoms with Crippen molar-refractivity contribution in [1.82, 2.24) is 4.72 Å². The second-order valence-corrected chi connectivity index (χ2v) is 5.22. The van der Waals surface area contributed by atoms with E-state index in [2.05, 4.69) is 4.72 Å². The first kappa shape index (κ1) is 12.2. The average molecular weight is 214 g/mol. The minimum Gasteiger partial charge on any atom is -0.214 e. The number of sulfonamides is 1. The third kappa shape index (κ3) is 5.80. The SMILES string of the molecule is CCCS(=O)(=O)NCC(Cl)CC. The molecule has 0 saturated carbocycles. The number of hydrogen-bond donors (Lipinski definition) is 1. The molecule has 0 amide bonds. The van der Waals surface area contributed by atoms with Crippen molar-refractivity contribution in [1.29, 1.82) is 0 Å². The standard InChI is InChI=1S/C7H16ClNO2S/c1-3-5-12(10,11)9-6-7(8)4-2/h7,9H,3-6H2,1-2H3. The molecule has 1 N–H and O–H groups in total. The van der Waals surface area contributed by atoms with Crippen LogP contribution in [0.4, 0.5) is 0 Å². The van der Waals surface area contributed by atoms with Crippen molar-refractivity contribution in [2.75, 3.05) is 12.3 Å². The van der Waals surface area contributed by atoms with Gasteiger partial charge in [-0.3, -0.25) is 0 Å². The lowest BCUT2D eigenvalue weighted by molar-refractivity contribution is 0.577. The molecular weight excluding hydrogens is 198 g/mol. The Kier molecular flexibility index (Phi) is 5.88. The third-order valence-corrected chi connectivity index (χ3v) is 3.46. The van der Waals surface area contributed by atoms with Crippen molar-refractivity contribution in [2.24, 2.45) is 0 Å². The lowest BCUT2D eigenvalue weighted by atomic mass is 10.3. The van der Waals surface area contributed by atoms with Crippen LogP contribution < -0.4 is 4.72 Å². The number of hydrogen-bond acceptors (Lipinski definition) is 2. The van der Waals surface area contributed by atoms with Crippen LogP contribution in [0.5, 0.6) is 0 Å². The van der Waals surface area contributed by atoms with E-state index < -0.39 is 10.0 Å². The predicted octanol–water partition coefficient (Wildman–Crippen LogP) is 1.33. The first-order valence-corrected chi connectivity index (χ1v) is 6.22. The van der Waals surface area contributed by atoms with Crippen LogP contribution in [0.3, 0.4) is 0 Å². The van der Waals surface area contributed by atoms with Gasteiger partial charge in [0.25, 0.3) is 0 Å². The van der Waals surface area contributed by atoms with Crippen molar-refractivity contribution in [2.45, 2.75) is 32.1 Å². The molecule has 0 fully saturated rings. The Morgan fingerprint density at radius 1 is 1.42 bits per heavy atom. The second-order valence-electron chi connectivity index (χ2n) is 2.67. The largest absolute Gasteiger partial charge is 0.214 e. The molecule has 3 nitrogen and oxygen atoms in total. The zero-order valence-corrected chi connectivity index (χ0v) is 9.08. The van der Waals surface area contributed by atoms with Gasteiger partial charge in [-0.05, 0) is 12.8 Å². The summed E-state index contributed by atoms with van der Waals surface area (Å²) in [5, 5.41) is -0.100. The molecule has 0 aliphatic heterocycles. The van der Waals surface area contributed by atoms with Crippen LogP contribution in [0.15, 0.2) is 0 Å². The quantitative estimate of drug-likeness (QED) is 0.677. The zero-order valence-electron chi connectivity index (χ0n) is 7.51. The van der Waals surface area contributed by atoms with Gasteiger partial charge in [0.05, 0.1) is 5.75 Å². The van der Waals surface area contributed by atoms with Gasteiger partial charge in [0.15, 0.2) is 0 Å². The maximum Gasteiger partial charge on any atom is 0.211 e. The van der Waals surface area contributed by atoms with Gasteiger partial charge in [-0.2, -0.15) is 0 Å². The van der Waals surface area contributed by atoms with Gasteiger partial charge < -0.3 is 0 Å². The van der Waals surface area contributed by atoms with Crippen LogP contribution in [-0.4, -0.2) is 26.1 Å². The molecule has 0 aromatic rings. The third-order valence-electron chi connectivity index (χ3n) is 1.44. The van der Waals surface area contributed by atoms with Gasteiger partial charge in [-0.25, -0.2) is 13.1 Å². The monoisotopic (exact) mass is 213 g/mol. The molecule has 0 rings (SSSR count). The topological polar surface area (TPSA) is 46.2 Å². The van der Waals surface area contributed by atoms with Crippen LogP contribution >= 0.6 is 11.6 Å². The molecule has 0 radical (unpaired) electrons.